The van der Waals surface area contributed by atoms with Crippen molar-refractivity contribution >= 4 is 5.96 Å². The molecule has 0 saturated heterocycles. The highest BCUT2D eigenvalue weighted by atomic mass is 16.6. The lowest BCUT2D eigenvalue weighted by atomic mass is 10.0. The molecule has 1 heterocycles. The molecule has 0 amide bonds. The molecule has 0 radical (unpaired) electrons. The number of aliphatic hydroxyl groups is 1. The van der Waals surface area contributed by atoms with Crippen LogP contribution in [0.1, 0.15) is 44.9 Å². The van der Waals surface area contributed by atoms with Gasteiger partial charge in [0.1, 0.15) is 23.9 Å². The van der Waals surface area contributed by atoms with Crippen molar-refractivity contribution in [1.29, 1.82) is 0 Å². The van der Waals surface area contributed by atoms with E-state index in [0.29, 0.717) is 6.54 Å². The molecule has 0 bridgehead atoms. The molecule has 0 saturated carbocycles. The number of hydrogen-bond donors (Lipinski definition) is 1. The summed E-state index contributed by atoms with van der Waals surface area (Å²) >= 11 is 0. The van der Waals surface area contributed by atoms with E-state index in [1.165, 1.54) is 5.56 Å². The second-order valence-corrected chi connectivity index (χ2v) is 8.91. The summed E-state index contributed by atoms with van der Waals surface area (Å²) in [6.07, 6.45) is 1.70. The van der Waals surface area contributed by atoms with Gasteiger partial charge in [-0.05, 0) is 38.8 Å². The van der Waals surface area contributed by atoms with Gasteiger partial charge < -0.3 is 9.84 Å². The van der Waals surface area contributed by atoms with Crippen molar-refractivity contribution in [3.63, 3.8) is 0 Å². The Morgan fingerprint density at radius 3 is 2.23 bits per heavy atom. The molecule has 2 aromatic rings. The third-order valence-corrected chi connectivity index (χ3v) is 5.39. The van der Waals surface area contributed by atoms with Crippen LogP contribution in [0.4, 0.5) is 0 Å². The van der Waals surface area contributed by atoms with Gasteiger partial charge in [-0.3, -0.25) is 9.48 Å². The highest BCUT2D eigenvalue weighted by Gasteiger charge is 2.43. The number of likely N-dealkylation sites (N-methyl/N-ethyl adjacent to an activating group) is 2. The zero-order valence-electron chi connectivity index (χ0n) is 18.9. The summed E-state index contributed by atoms with van der Waals surface area (Å²) < 4.78 is 7.98. The second kappa shape index (κ2) is 8.82. The fourth-order valence-electron chi connectivity index (χ4n) is 4.08. The van der Waals surface area contributed by atoms with Crippen molar-refractivity contribution in [2.45, 2.75) is 51.9 Å². The first-order valence-corrected chi connectivity index (χ1v) is 10.5. The molecule has 5 nitrogen and oxygen atoms in total. The van der Waals surface area contributed by atoms with Crippen molar-refractivity contribution in [3.05, 3.63) is 83.9 Å². The number of benzene rings is 2. The summed E-state index contributed by atoms with van der Waals surface area (Å²) in [4.78, 5) is 4.33. The Balaban J connectivity index is 2.02. The Morgan fingerprint density at radius 2 is 1.67 bits per heavy atom. The van der Waals surface area contributed by atoms with Crippen LogP contribution in [0.25, 0.3) is 0 Å². The fraction of sp³-hybridized carbons (Fsp3) is 0.400. The van der Waals surface area contributed by atoms with Crippen molar-refractivity contribution in [2.75, 3.05) is 14.1 Å². The summed E-state index contributed by atoms with van der Waals surface area (Å²) in [5.74, 6) is 0.924. The normalized spacial score (nSPS) is 19.9. The van der Waals surface area contributed by atoms with E-state index >= 15 is 0 Å². The molecule has 1 aliphatic rings. The van der Waals surface area contributed by atoms with E-state index in [1.54, 1.807) is 6.20 Å². The SMILES string of the molecule is C[C@H]1[C@H](c2ccccc2)[N+](C)=C(N(/C=C(\O)OC(C)(C)C)Cc2ccccc2)N1C. The molecule has 1 aliphatic heterocycles. The van der Waals surface area contributed by atoms with E-state index in [1.807, 2.05) is 45.0 Å². The van der Waals surface area contributed by atoms with Gasteiger partial charge in [-0.1, -0.05) is 60.7 Å². The van der Waals surface area contributed by atoms with Gasteiger partial charge in [0, 0.05) is 0 Å². The van der Waals surface area contributed by atoms with E-state index in [-0.39, 0.29) is 18.0 Å². The van der Waals surface area contributed by atoms with Crippen LogP contribution in [0.2, 0.25) is 0 Å². The van der Waals surface area contributed by atoms with Gasteiger partial charge in [0.05, 0.1) is 20.6 Å². The fourth-order valence-corrected chi connectivity index (χ4v) is 4.08. The van der Waals surface area contributed by atoms with Gasteiger partial charge in [0.2, 0.25) is 0 Å². The maximum absolute atomic E-state index is 10.6. The monoisotopic (exact) mass is 408 g/mol. The molecule has 0 aromatic heterocycles. The highest BCUT2D eigenvalue weighted by molar-refractivity contribution is 5.78. The number of aliphatic hydroxyl groups excluding tert-OH is 1. The van der Waals surface area contributed by atoms with Gasteiger partial charge in [-0.25, -0.2) is 4.90 Å². The number of hydrogen-bond acceptors (Lipinski definition) is 4. The molecule has 0 aliphatic carbocycles. The smallest absolute Gasteiger partial charge is 0.356 e. The third-order valence-electron chi connectivity index (χ3n) is 5.39. The summed E-state index contributed by atoms with van der Waals surface area (Å²) in [5, 5.41) is 10.6. The van der Waals surface area contributed by atoms with Gasteiger partial charge in [0.25, 0.3) is 0 Å². The molecular formula is C25H34N3O2+. The van der Waals surface area contributed by atoms with Crippen LogP contribution >= 0.6 is 0 Å². The van der Waals surface area contributed by atoms with Crippen LogP contribution in [-0.4, -0.2) is 51.2 Å². The van der Waals surface area contributed by atoms with Gasteiger partial charge in [-0.15, -0.1) is 0 Å². The van der Waals surface area contributed by atoms with Crippen molar-refractivity contribution in [1.82, 2.24) is 9.80 Å². The zero-order chi connectivity index (χ0) is 21.9. The molecule has 0 fully saturated rings. The van der Waals surface area contributed by atoms with Crippen LogP contribution in [0, 0.1) is 0 Å². The number of rotatable bonds is 5. The summed E-state index contributed by atoms with van der Waals surface area (Å²) in [5.41, 5.74) is 1.95. The standard InChI is InChI=1S/C25H33N3O2/c1-19-23(21-15-11-8-12-16-21)27(6)24(26(19)5)28(17-20-13-9-7-10-14-20)18-22(29)30-25(2,3)4/h7-16,18-19,23H,17H2,1-6H3/p+1/b22-18+/t19-,23+/m0/s1. The first-order chi connectivity index (χ1) is 14.2. The molecule has 5 heteroatoms. The first-order valence-electron chi connectivity index (χ1n) is 10.5. The minimum atomic E-state index is -0.475. The van der Waals surface area contributed by atoms with Gasteiger partial charge in [0.15, 0.2) is 0 Å². The maximum atomic E-state index is 10.6. The molecule has 0 spiro atoms. The van der Waals surface area contributed by atoms with E-state index in [4.69, 9.17) is 4.74 Å². The third kappa shape index (κ3) is 4.96. The Morgan fingerprint density at radius 1 is 1.10 bits per heavy atom. The van der Waals surface area contributed by atoms with Crippen LogP contribution in [0.15, 0.2) is 72.8 Å². The average Bonchev–Trinajstić information content (AvgIpc) is 2.90. The Labute approximate surface area is 180 Å². The second-order valence-electron chi connectivity index (χ2n) is 8.91. The van der Waals surface area contributed by atoms with Gasteiger partial charge >= 0.3 is 11.9 Å². The maximum Gasteiger partial charge on any atom is 0.356 e. The van der Waals surface area contributed by atoms with Gasteiger partial charge in [-0.2, -0.15) is 0 Å². The van der Waals surface area contributed by atoms with Crippen LogP contribution in [0.5, 0.6) is 0 Å². The van der Waals surface area contributed by atoms with E-state index < -0.39 is 5.60 Å². The predicted molar refractivity (Wildman–Crippen MR) is 121 cm³/mol. The summed E-state index contributed by atoms with van der Waals surface area (Å²) in [7, 11) is 4.22. The van der Waals surface area contributed by atoms with Crippen LogP contribution < -0.4 is 0 Å². The molecule has 30 heavy (non-hydrogen) atoms. The minimum absolute atomic E-state index is 0.0939. The highest BCUT2D eigenvalue weighted by Crippen LogP contribution is 2.30. The minimum Gasteiger partial charge on any atom is -0.479 e. The zero-order valence-corrected chi connectivity index (χ0v) is 18.9. The number of ether oxygens (including phenoxy) is 1. The Hall–Kier alpha value is -2.95. The van der Waals surface area contributed by atoms with E-state index in [9.17, 15) is 5.11 Å². The lowest BCUT2D eigenvalue weighted by Crippen LogP contribution is -2.41. The molecule has 2 atom stereocenters. The molecule has 1 N–H and O–H groups in total. The molecule has 3 rings (SSSR count). The average molecular weight is 409 g/mol. The van der Waals surface area contributed by atoms with Crippen LogP contribution in [-0.2, 0) is 11.3 Å². The Bertz CT molecular complexity index is 901. The first kappa shape index (κ1) is 21.8. The molecular weight excluding hydrogens is 374 g/mol. The number of nitrogens with zero attached hydrogens (tertiary/aromatic N) is 3. The molecule has 0 unspecified atom stereocenters. The van der Waals surface area contributed by atoms with E-state index in [0.717, 1.165) is 11.5 Å². The predicted octanol–water partition coefficient (Wildman–Crippen LogP) is 4.73. The van der Waals surface area contributed by atoms with Crippen molar-refractivity contribution in [3.8, 4) is 0 Å². The van der Waals surface area contributed by atoms with Crippen LogP contribution in [0.3, 0.4) is 0 Å². The van der Waals surface area contributed by atoms with Crippen molar-refractivity contribution in [2.24, 2.45) is 0 Å². The Kier molecular flexibility index (Phi) is 6.40. The lowest BCUT2D eigenvalue weighted by molar-refractivity contribution is -0.541. The number of guanidine groups is 1. The lowest BCUT2D eigenvalue weighted by Gasteiger charge is -2.24. The molecule has 2 aromatic carbocycles. The summed E-state index contributed by atoms with van der Waals surface area (Å²) in [6.45, 7) is 8.63. The largest absolute Gasteiger partial charge is 0.479 e. The summed E-state index contributed by atoms with van der Waals surface area (Å²) in [6, 6.07) is 21.3. The molecule has 160 valence electrons. The van der Waals surface area contributed by atoms with E-state index in [2.05, 4.69) is 71.8 Å². The quantitative estimate of drug-likeness (QED) is 0.573. The van der Waals surface area contributed by atoms with Crippen molar-refractivity contribution < 1.29 is 14.4 Å². The topological polar surface area (TPSA) is 39.0 Å².